The third-order valence-corrected chi connectivity index (χ3v) is 2.69. The van der Waals surface area contributed by atoms with E-state index in [9.17, 15) is 0 Å². The number of aliphatic imine (C=N–C) groups is 1. The molecule has 0 unspecified atom stereocenters. The maximum absolute atomic E-state index is 5.82. The van der Waals surface area contributed by atoms with Gasteiger partial charge in [-0.25, -0.2) is 0 Å². The molecule has 0 amide bonds. The zero-order chi connectivity index (χ0) is 13.5. The Morgan fingerprint density at radius 1 is 1.05 bits per heavy atom. The summed E-state index contributed by atoms with van der Waals surface area (Å²) in [6, 6.07) is 15.1. The first-order valence-electron chi connectivity index (χ1n) is 5.91. The Morgan fingerprint density at radius 2 is 1.74 bits per heavy atom. The van der Waals surface area contributed by atoms with Gasteiger partial charge in [0.2, 0.25) is 0 Å². The summed E-state index contributed by atoms with van der Waals surface area (Å²) < 4.78 is 5.41. The van der Waals surface area contributed by atoms with Crippen LogP contribution in [0.5, 0.6) is 5.75 Å². The first-order chi connectivity index (χ1) is 9.28. The lowest BCUT2D eigenvalue weighted by Crippen LogP contribution is -1.92. The summed E-state index contributed by atoms with van der Waals surface area (Å²) in [5, 5.41) is 0.711. The Kier molecular flexibility index (Phi) is 4.76. The lowest BCUT2D eigenvalue weighted by atomic mass is 10.2. The molecule has 0 heterocycles. The topological polar surface area (TPSA) is 21.6 Å². The van der Waals surface area contributed by atoms with Gasteiger partial charge in [-0.05, 0) is 54.1 Å². The number of ether oxygens (including phenoxy) is 1. The summed E-state index contributed by atoms with van der Waals surface area (Å²) in [5.41, 5.74) is 1.89. The van der Waals surface area contributed by atoms with Crippen molar-refractivity contribution in [3.8, 4) is 5.75 Å². The lowest BCUT2D eigenvalue weighted by molar-refractivity contribution is 0.363. The number of rotatable bonds is 5. The molecule has 2 rings (SSSR count). The van der Waals surface area contributed by atoms with Crippen molar-refractivity contribution in [2.75, 3.05) is 6.61 Å². The second-order valence-corrected chi connectivity index (χ2v) is 4.34. The number of hydrogen-bond acceptors (Lipinski definition) is 2. The molecule has 0 aliphatic heterocycles. The highest BCUT2D eigenvalue weighted by atomic mass is 35.5. The summed E-state index contributed by atoms with van der Waals surface area (Å²) >= 11 is 5.82. The Bertz CT molecular complexity index is 558. The Morgan fingerprint density at radius 3 is 2.37 bits per heavy atom. The number of benzene rings is 2. The fourth-order valence-corrected chi connectivity index (χ4v) is 1.61. The van der Waals surface area contributed by atoms with Crippen LogP contribution in [0.1, 0.15) is 5.56 Å². The van der Waals surface area contributed by atoms with Crippen molar-refractivity contribution in [2.24, 2.45) is 4.99 Å². The highest BCUT2D eigenvalue weighted by Crippen LogP contribution is 2.16. The molecule has 0 atom stereocenters. The minimum Gasteiger partial charge on any atom is -0.490 e. The third kappa shape index (κ3) is 4.27. The van der Waals surface area contributed by atoms with E-state index in [1.54, 1.807) is 12.3 Å². The van der Waals surface area contributed by atoms with Crippen LogP contribution in [0, 0.1) is 0 Å². The van der Waals surface area contributed by atoms with E-state index in [-0.39, 0.29) is 0 Å². The lowest BCUT2D eigenvalue weighted by Gasteiger charge is -2.02. The van der Waals surface area contributed by atoms with Gasteiger partial charge in [-0.3, -0.25) is 4.99 Å². The van der Waals surface area contributed by atoms with E-state index >= 15 is 0 Å². The van der Waals surface area contributed by atoms with Gasteiger partial charge in [0.1, 0.15) is 12.4 Å². The molecule has 2 aromatic rings. The molecule has 19 heavy (non-hydrogen) atoms. The summed E-state index contributed by atoms with van der Waals surface area (Å²) in [6.45, 7) is 4.12. The Hall–Kier alpha value is -2.06. The Labute approximate surface area is 118 Å². The molecular weight excluding hydrogens is 258 g/mol. The van der Waals surface area contributed by atoms with Gasteiger partial charge in [0.05, 0.1) is 5.69 Å². The molecule has 0 saturated carbocycles. The van der Waals surface area contributed by atoms with Gasteiger partial charge in [-0.2, -0.15) is 0 Å². The summed E-state index contributed by atoms with van der Waals surface area (Å²) in [5.74, 6) is 0.823. The molecular formula is C16H14ClNO. The first-order valence-corrected chi connectivity index (χ1v) is 6.29. The van der Waals surface area contributed by atoms with Gasteiger partial charge in [0.25, 0.3) is 0 Å². The van der Waals surface area contributed by atoms with E-state index in [4.69, 9.17) is 16.3 Å². The van der Waals surface area contributed by atoms with Crippen molar-refractivity contribution >= 4 is 23.5 Å². The minimum atomic E-state index is 0.512. The van der Waals surface area contributed by atoms with Crippen LogP contribution in [0.15, 0.2) is 66.2 Å². The maximum Gasteiger partial charge on any atom is 0.119 e. The molecule has 2 aromatic carbocycles. The van der Waals surface area contributed by atoms with Crippen molar-refractivity contribution in [1.29, 1.82) is 0 Å². The SMILES string of the molecule is C=CCOc1ccc(C=Nc2ccc(Cl)cc2)cc1. The molecule has 0 aliphatic carbocycles. The molecule has 0 N–H and O–H groups in total. The highest BCUT2D eigenvalue weighted by Gasteiger charge is 1.93. The van der Waals surface area contributed by atoms with Gasteiger partial charge in [0.15, 0.2) is 0 Å². The van der Waals surface area contributed by atoms with Crippen LogP contribution in [0.4, 0.5) is 5.69 Å². The van der Waals surface area contributed by atoms with E-state index in [1.807, 2.05) is 48.5 Å². The van der Waals surface area contributed by atoms with Gasteiger partial charge >= 0.3 is 0 Å². The van der Waals surface area contributed by atoms with Crippen molar-refractivity contribution in [1.82, 2.24) is 0 Å². The smallest absolute Gasteiger partial charge is 0.119 e. The average molecular weight is 272 g/mol. The van der Waals surface area contributed by atoms with Crippen LogP contribution in [-0.2, 0) is 0 Å². The van der Waals surface area contributed by atoms with Crippen LogP contribution in [0.3, 0.4) is 0 Å². The standard InChI is InChI=1S/C16H14ClNO/c1-2-11-19-16-9-3-13(4-10-16)12-18-15-7-5-14(17)6-8-15/h2-10,12H,1,11H2. The van der Waals surface area contributed by atoms with E-state index in [1.165, 1.54) is 0 Å². The van der Waals surface area contributed by atoms with Crippen molar-refractivity contribution < 1.29 is 4.74 Å². The van der Waals surface area contributed by atoms with E-state index in [2.05, 4.69) is 11.6 Å². The maximum atomic E-state index is 5.82. The molecule has 2 nitrogen and oxygen atoms in total. The van der Waals surface area contributed by atoms with E-state index < -0.39 is 0 Å². The molecule has 0 saturated heterocycles. The van der Waals surface area contributed by atoms with Crippen LogP contribution in [-0.4, -0.2) is 12.8 Å². The summed E-state index contributed by atoms with van der Waals surface area (Å²) in [6.07, 6.45) is 3.52. The monoisotopic (exact) mass is 271 g/mol. The number of nitrogens with zero attached hydrogens (tertiary/aromatic N) is 1. The number of halogens is 1. The van der Waals surface area contributed by atoms with Gasteiger partial charge < -0.3 is 4.74 Å². The zero-order valence-corrected chi connectivity index (χ0v) is 11.2. The number of hydrogen-bond donors (Lipinski definition) is 0. The summed E-state index contributed by atoms with van der Waals surface area (Å²) in [7, 11) is 0. The Balaban J connectivity index is 2.02. The molecule has 96 valence electrons. The van der Waals surface area contributed by atoms with E-state index in [0.29, 0.717) is 11.6 Å². The molecule has 0 aliphatic rings. The molecule has 0 aromatic heterocycles. The summed E-state index contributed by atoms with van der Waals surface area (Å²) in [4.78, 5) is 4.37. The van der Waals surface area contributed by atoms with E-state index in [0.717, 1.165) is 17.0 Å². The minimum absolute atomic E-state index is 0.512. The van der Waals surface area contributed by atoms with Crippen molar-refractivity contribution in [2.45, 2.75) is 0 Å². The molecule has 0 bridgehead atoms. The second kappa shape index (κ2) is 6.76. The van der Waals surface area contributed by atoms with Crippen molar-refractivity contribution in [3.05, 3.63) is 71.8 Å². The molecule has 0 radical (unpaired) electrons. The predicted molar refractivity (Wildman–Crippen MR) is 80.8 cm³/mol. The fourth-order valence-electron chi connectivity index (χ4n) is 1.48. The van der Waals surface area contributed by atoms with Crippen LogP contribution >= 0.6 is 11.6 Å². The van der Waals surface area contributed by atoms with Gasteiger partial charge in [0, 0.05) is 11.2 Å². The average Bonchev–Trinajstić information content (AvgIpc) is 2.46. The zero-order valence-electron chi connectivity index (χ0n) is 10.4. The van der Waals surface area contributed by atoms with Crippen molar-refractivity contribution in [3.63, 3.8) is 0 Å². The highest BCUT2D eigenvalue weighted by molar-refractivity contribution is 6.30. The van der Waals surface area contributed by atoms with Gasteiger partial charge in [-0.15, -0.1) is 0 Å². The third-order valence-electron chi connectivity index (χ3n) is 2.44. The molecule has 3 heteroatoms. The molecule has 0 fully saturated rings. The first kappa shape index (κ1) is 13.4. The van der Waals surface area contributed by atoms with Gasteiger partial charge in [-0.1, -0.05) is 24.3 Å². The predicted octanol–water partition coefficient (Wildman–Crippen LogP) is 4.66. The van der Waals surface area contributed by atoms with Crippen LogP contribution < -0.4 is 4.74 Å². The molecule has 0 spiro atoms. The normalized spacial score (nSPS) is 10.6. The second-order valence-electron chi connectivity index (χ2n) is 3.90. The largest absolute Gasteiger partial charge is 0.490 e. The van der Waals surface area contributed by atoms with Crippen LogP contribution in [0.2, 0.25) is 5.02 Å². The quantitative estimate of drug-likeness (QED) is 0.573. The fraction of sp³-hybridized carbons (Fsp3) is 0.0625. The van der Waals surface area contributed by atoms with Crippen LogP contribution in [0.25, 0.3) is 0 Å².